The Morgan fingerprint density at radius 3 is 1.65 bits per heavy atom. The predicted molar refractivity (Wildman–Crippen MR) is 241 cm³/mol. The first-order chi connectivity index (χ1) is 31.8. The highest BCUT2D eigenvalue weighted by Gasteiger charge is 2.35. The number of pyridine rings is 1. The van der Waals surface area contributed by atoms with Crippen molar-refractivity contribution in [2.75, 3.05) is 7.11 Å². The van der Waals surface area contributed by atoms with E-state index in [1.165, 1.54) is 25.3 Å². The van der Waals surface area contributed by atoms with Gasteiger partial charge in [-0.05, 0) is 104 Å². The second-order valence-corrected chi connectivity index (χ2v) is 14.9. The van der Waals surface area contributed by atoms with Crippen LogP contribution in [0, 0.1) is 25.2 Å². The highest BCUT2D eigenvalue weighted by atomic mass is 19.4. The summed E-state index contributed by atoms with van der Waals surface area (Å²) < 4.78 is 46.1. The van der Waals surface area contributed by atoms with Gasteiger partial charge in [-0.1, -0.05) is 60.7 Å². The Labute approximate surface area is 375 Å². The number of aryl methyl sites for hydroxylation is 2. The fourth-order valence-corrected chi connectivity index (χ4v) is 6.88. The van der Waals surface area contributed by atoms with Crippen molar-refractivity contribution in [1.29, 1.82) is 5.26 Å². The van der Waals surface area contributed by atoms with Crippen molar-refractivity contribution in [3.05, 3.63) is 174 Å². The van der Waals surface area contributed by atoms with Gasteiger partial charge in [-0.25, -0.2) is 34.7 Å². The summed E-state index contributed by atoms with van der Waals surface area (Å²) >= 11 is 0. The maximum atomic E-state index is 13.8. The van der Waals surface area contributed by atoms with E-state index in [1.54, 1.807) is 98.1 Å². The van der Waals surface area contributed by atoms with Gasteiger partial charge in [-0.2, -0.15) is 18.4 Å². The topological polar surface area (TPSA) is 181 Å². The lowest BCUT2D eigenvalue weighted by molar-refractivity contribution is -0.137. The molecule has 0 spiro atoms. The first kappa shape index (κ1) is 43.7. The molecule has 0 saturated carbocycles. The van der Waals surface area contributed by atoms with Gasteiger partial charge in [-0.3, -0.25) is 4.98 Å². The van der Waals surface area contributed by atoms with Crippen LogP contribution in [0.25, 0.3) is 79.2 Å². The molecule has 324 valence electrons. The number of hydrogen-bond donors (Lipinski definition) is 2. The summed E-state index contributed by atoms with van der Waals surface area (Å²) in [6, 6.07) is 40.4. The predicted octanol–water partition coefficient (Wildman–Crippen LogP) is 11.0. The average molecular weight is 881 g/mol. The summed E-state index contributed by atoms with van der Waals surface area (Å²) in [6.45, 7) is 3.70. The number of carbonyl (C=O) groups is 1. The number of fused-ring (bicyclic) bond motifs is 1. The van der Waals surface area contributed by atoms with E-state index in [2.05, 4.69) is 29.9 Å². The van der Waals surface area contributed by atoms with Gasteiger partial charge in [0.05, 0.1) is 46.5 Å². The molecule has 0 radical (unpaired) electrons. The molecule has 0 amide bonds. The Balaban J connectivity index is 0.000000180. The molecule has 3 heterocycles. The third kappa shape index (κ3) is 9.53. The molecule has 0 fully saturated rings. The highest BCUT2D eigenvalue weighted by Crippen LogP contribution is 2.38. The number of phenols is 2. The van der Waals surface area contributed by atoms with Gasteiger partial charge in [0, 0.05) is 33.8 Å². The summed E-state index contributed by atoms with van der Waals surface area (Å²) in [7, 11) is 1.34. The summed E-state index contributed by atoms with van der Waals surface area (Å²) in [5, 5.41) is 31.0. The van der Waals surface area contributed by atoms with E-state index >= 15 is 0 Å². The molecular formula is C51H35F3N8O4. The van der Waals surface area contributed by atoms with Crippen molar-refractivity contribution in [2.24, 2.45) is 0 Å². The van der Waals surface area contributed by atoms with Crippen LogP contribution in [0.15, 0.2) is 146 Å². The molecule has 0 aliphatic heterocycles. The van der Waals surface area contributed by atoms with Gasteiger partial charge in [-0.15, -0.1) is 0 Å². The van der Waals surface area contributed by atoms with Crippen molar-refractivity contribution >= 4 is 16.9 Å². The second-order valence-electron chi connectivity index (χ2n) is 14.9. The number of esters is 1. The number of aromatic nitrogens is 7. The van der Waals surface area contributed by atoms with E-state index < -0.39 is 17.7 Å². The fourth-order valence-electron chi connectivity index (χ4n) is 6.88. The van der Waals surface area contributed by atoms with Crippen LogP contribution in [0.2, 0.25) is 0 Å². The molecule has 0 saturated heterocycles. The maximum absolute atomic E-state index is 13.8. The van der Waals surface area contributed by atoms with Crippen LogP contribution < -0.4 is 0 Å². The molecule has 3 aromatic heterocycles. The molecule has 6 aromatic carbocycles. The Hall–Kier alpha value is -8.90. The lowest BCUT2D eigenvalue weighted by Gasteiger charge is -2.14. The Morgan fingerprint density at radius 2 is 1.09 bits per heavy atom. The minimum Gasteiger partial charge on any atom is -0.507 e. The number of aromatic hydroxyl groups is 2. The SMILES string of the molecule is COC(=O)c1ccc(-c2nc(-c3ccc4ncccc4c3)nc(-c3ccc(C)cc3O)n2)cc1.Cc1ccc(-c2nc(-c3ccccc3)nc(-c3ccc(C#N)cc3C(F)(F)F)n2)c(O)c1. The monoisotopic (exact) mass is 880 g/mol. The zero-order valence-electron chi connectivity index (χ0n) is 35.3. The molecule has 0 unspecified atom stereocenters. The molecule has 9 aromatic rings. The van der Waals surface area contributed by atoms with Crippen molar-refractivity contribution < 1.29 is 32.9 Å². The van der Waals surface area contributed by atoms with Crippen LogP contribution in [-0.4, -0.2) is 58.2 Å². The van der Waals surface area contributed by atoms with Gasteiger partial charge in [0.15, 0.2) is 34.9 Å². The van der Waals surface area contributed by atoms with Crippen LogP contribution in [-0.2, 0) is 10.9 Å². The zero-order valence-corrected chi connectivity index (χ0v) is 35.3. The van der Waals surface area contributed by atoms with Crippen LogP contribution in [0.1, 0.15) is 32.6 Å². The number of benzene rings is 6. The third-order valence-corrected chi connectivity index (χ3v) is 10.2. The minimum absolute atomic E-state index is 0.0313. The molecule has 12 nitrogen and oxygen atoms in total. The molecule has 66 heavy (non-hydrogen) atoms. The summed E-state index contributed by atoms with van der Waals surface area (Å²) in [5.41, 5.74) is 4.42. The number of carbonyl (C=O) groups excluding carboxylic acids is 1. The Kier molecular flexibility index (Phi) is 12.2. The first-order valence-electron chi connectivity index (χ1n) is 20.1. The number of nitrogens with zero attached hydrogens (tertiary/aromatic N) is 8. The van der Waals surface area contributed by atoms with Crippen molar-refractivity contribution in [2.45, 2.75) is 20.0 Å². The van der Waals surface area contributed by atoms with Crippen LogP contribution in [0.5, 0.6) is 11.5 Å². The number of nitriles is 1. The fraction of sp³-hybridized carbons (Fsp3) is 0.0784. The quantitative estimate of drug-likeness (QED) is 0.145. The first-order valence-corrected chi connectivity index (χ1v) is 20.1. The van der Waals surface area contributed by atoms with E-state index in [4.69, 9.17) is 15.0 Å². The molecular weight excluding hydrogens is 846 g/mol. The van der Waals surface area contributed by atoms with Crippen molar-refractivity contribution in [3.63, 3.8) is 0 Å². The summed E-state index contributed by atoms with van der Waals surface area (Å²) in [5.74, 6) is 0.769. The van der Waals surface area contributed by atoms with E-state index in [-0.39, 0.29) is 45.7 Å². The number of alkyl halides is 3. The normalized spacial score (nSPS) is 11.0. The molecule has 2 N–H and O–H groups in total. The third-order valence-electron chi connectivity index (χ3n) is 10.2. The molecule has 0 atom stereocenters. The minimum atomic E-state index is -4.73. The largest absolute Gasteiger partial charge is 0.507 e. The van der Waals surface area contributed by atoms with Gasteiger partial charge in [0.1, 0.15) is 11.5 Å². The van der Waals surface area contributed by atoms with Gasteiger partial charge >= 0.3 is 12.1 Å². The van der Waals surface area contributed by atoms with Crippen LogP contribution in [0.4, 0.5) is 13.2 Å². The molecule has 0 aliphatic carbocycles. The average Bonchev–Trinajstić information content (AvgIpc) is 3.33. The number of halogens is 3. The van der Waals surface area contributed by atoms with E-state index in [0.717, 1.165) is 33.7 Å². The Morgan fingerprint density at radius 1 is 0.576 bits per heavy atom. The van der Waals surface area contributed by atoms with Crippen LogP contribution in [0.3, 0.4) is 0 Å². The van der Waals surface area contributed by atoms with Gasteiger partial charge in [0.25, 0.3) is 0 Å². The number of ether oxygens (including phenoxy) is 1. The van der Waals surface area contributed by atoms with Crippen molar-refractivity contribution in [1.82, 2.24) is 34.9 Å². The number of methoxy groups -OCH3 is 1. The Bertz CT molecular complexity index is 3320. The van der Waals surface area contributed by atoms with Crippen LogP contribution >= 0.6 is 0 Å². The van der Waals surface area contributed by atoms with Crippen molar-refractivity contribution in [3.8, 4) is 85.9 Å². The number of phenolic OH excluding ortho intramolecular Hbond substituents is 2. The van der Waals surface area contributed by atoms with E-state index in [0.29, 0.717) is 39.7 Å². The number of hydrogen-bond acceptors (Lipinski definition) is 12. The second kappa shape index (κ2) is 18.4. The van der Waals surface area contributed by atoms with Gasteiger partial charge < -0.3 is 14.9 Å². The van der Waals surface area contributed by atoms with E-state index in [9.17, 15) is 28.2 Å². The standard InChI is InChI=1S/C27H20N4O3.C24H15F3N4O/c1-16-5-11-21(23(32)14-16)26-30-24(17-6-8-18(9-7-17)27(33)34-2)29-25(31-26)20-10-12-22-19(15-20)4-3-13-28-22;1-14-7-9-18(20(32)11-14)23-30-21(16-5-3-2-4-6-16)29-22(31-23)17-10-8-15(13-28)12-19(17)24(25,26)27/h3-15,32H,1-2H3;2-12,32H,1H3. The highest BCUT2D eigenvalue weighted by molar-refractivity contribution is 5.90. The lowest BCUT2D eigenvalue weighted by Crippen LogP contribution is -2.10. The summed E-state index contributed by atoms with van der Waals surface area (Å²) in [4.78, 5) is 43.2. The molecule has 15 heteroatoms. The zero-order chi connectivity index (χ0) is 46.5. The smallest absolute Gasteiger partial charge is 0.417 e. The van der Waals surface area contributed by atoms with E-state index in [1.807, 2.05) is 43.3 Å². The number of rotatable bonds is 7. The lowest BCUT2D eigenvalue weighted by atomic mass is 10.0. The molecule has 0 bridgehead atoms. The van der Waals surface area contributed by atoms with Gasteiger partial charge in [0.2, 0.25) is 0 Å². The maximum Gasteiger partial charge on any atom is 0.417 e. The summed E-state index contributed by atoms with van der Waals surface area (Å²) in [6.07, 6.45) is -2.98. The molecule has 0 aliphatic rings. The molecule has 9 rings (SSSR count).